The van der Waals surface area contributed by atoms with Gasteiger partial charge >= 0.3 is 6.03 Å². The number of carbonyl (C=O) groups is 4. The molecule has 27 heavy (non-hydrogen) atoms. The number of urea groups is 1. The lowest BCUT2D eigenvalue weighted by molar-refractivity contribution is -0.133. The Morgan fingerprint density at radius 3 is 2.26 bits per heavy atom. The number of benzene rings is 2. The van der Waals surface area contributed by atoms with E-state index in [2.05, 4.69) is 10.6 Å². The number of amides is 4. The van der Waals surface area contributed by atoms with E-state index < -0.39 is 29.9 Å². The minimum absolute atomic E-state index is 0.0765. The van der Waals surface area contributed by atoms with Crippen LogP contribution in [-0.2, 0) is 15.1 Å². The molecular weight excluding hydrogens is 346 g/mol. The highest BCUT2D eigenvalue weighted by Gasteiger charge is 2.49. The fraction of sp³-hybridized carbons (Fsp3) is 0.200. The number of hydrogen-bond donors (Lipinski definition) is 2. The highest BCUT2D eigenvalue weighted by molar-refractivity contribution is 6.10. The normalized spacial score (nSPS) is 19.0. The summed E-state index contributed by atoms with van der Waals surface area (Å²) in [5.41, 5.74) is 0.441. The molecule has 7 heteroatoms. The quantitative estimate of drug-likeness (QED) is 0.628. The molecule has 0 aliphatic carbocycles. The summed E-state index contributed by atoms with van der Waals surface area (Å²) in [5.74, 6) is -1.07. The standard InChI is InChI=1S/C20H19N3O4/c1-13(24)14-8-10-16(11-9-14)21-17(25)12-23-18(26)20(2,22-19(23)27)15-6-4-3-5-7-15/h3-11H,12H2,1-2H3,(H,21,25)(H,22,27). The molecule has 0 bridgehead atoms. The van der Waals surface area contributed by atoms with Crippen molar-refractivity contribution >= 4 is 29.3 Å². The topological polar surface area (TPSA) is 95.6 Å². The van der Waals surface area contributed by atoms with E-state index in [0.29, 0.717) is 16.8 Å². The third-order valence-corrected chi connectivity index (χ3v) is 4.50. The van der Waals surface area contributed by atoms with Crippen molar-refractivity contribution in [3.63, 3.8) is 0 Å². The third-order valence-electron chi connectivity index (χ3n) is 4.50. The van der Waals surface area contributed by atoms with Gasteiger partial charge in [0, 0.05) is 11.3 Å². The summed E-state index contributed by atoms with van der Waals surface area (Å²) in [7, 11) is 0. The van der Waals surface area contributed by atoms with Crippen LogP contribution in [0.1, 0.15) is 29.8 Å². The first-order valence-electron chi connectivity index (χ1n) is 8.42. The van der Waals surface area contributed by atoms with Gasteiger partial charge in [-0.3, -0.25) is 19.3 Å². The Morgan fingerprint density at radius 1 is 1.04 bits per heavy atom. The summed E-state index contributed by atoms with van der Waals surface area (Å²) in [5, 5.41) is 5.27. The van der Waals surface area contributed by atoms with E-state index in [9.17, 15) is 19.2 Å². The first-order valence-corrected chi connectivity index (χ1v) is 8.42. The maximum atomic E-state index is 12.8. The average Bonchev–Trinajstić information content (AvgIpc) is 2.87. The van der Waals surface area contributed by atoms with Gasteiger partial charge in [0.25, 0.3) is 5.91 Å². The molecule has 2 aromatic carbocycles. The Kier molecular flexibility index (Phi) is 4.77. The minimum atomic E-state index is -1.21. The zero-order chi connectivity index (χ0) is 19.6. The van der Waals surface area contributed by atoms with Crippen molar-refractivity contribution in [3.05, 3.63) is 65.7 Å². The van der Waals surface area contributed by atoms with Gasteiger partial charge < -0.3 is 10.6 Å². The van der Waals surface area contributed by atoms with Crippen molar-refractivity contribution < 1.29 is 19.2 Å². The van der Waals surface area contributed by atoms with Crippen LogP contribution in [0, 0.1) is 0 Å². The van der Waals surface area contributed by atoms with Crippen molar-refractivity contribution in [2.24, 2.45) is 0 Å². The molecule has 1 fully saturated rings. The number of anilines is 1. The SMILES string of the molecule is CC(=O)c1ccc(NC(=O)CN2C(=O)NC(C)(c3ccccc3)C2=O)cc1. The van der Waals surface area contributed by atoms with E-state index in [4.69, 9.17) is 0 Å². The highest BCUT2D eigenvalue weighted by Crippen LogP contribution is 2.28. The lowest BCUT2D eigenvalue weighted by atomic mass is 9.92. The Morgan fingerprint density at radius 2 is 1.67 bits per heavy atom. The zero-order valence-electron chi connectivity index (χ0n) is 15.0. The van der Waals surface area contributed by atoms with Gasteiger partial charge in [0.1, 0.15) is 12.1 Å². The van der Waals surface area contributed by atoms with Gasteiger partial charge in [-0.2, -0.15) is 0 Å². The van der Waals surface area contributed by atoms with Crippen LogP contribution in [0.15, 0.2) is 54.6 Å². The van der Waals surface area contributed by atoms with Crippen LogP contribution in [0.4, 0.5) is 10.5 Å². The van der Waals surface area contributed by atoms with Crippen molar-refractivity contribution in [1.29, 1.82) is 0 Å². The second-order valence-corrected chi connectivity index (χ2v) is 6.49. The van der Waals surface area contributed by atoms with E-state index in [1.165, 1.54) is 6.92 Å². The summed E-state index contributed by atoms with van der Waals surface area (Å²) < 4.78 is 0. The highest BCUT2D eigenvalue weighted by atomic mass is 16.2. The summed E-state index contributed by atoms with van der Waals surface area (Å²) in [6.45, 7) is 2.66. The molecule has 0 radical (unpaired) electrons. The zero-order valence-corrected chi connectivity index (χ0v) is 15.0. The molecule has 2 aromatic rings. The molecule has 1 aliphatic rings. The lowest BCUT2D eigenvalue weighted by Gasteiger charge is -2.22. The number of imide groups is 1. The van der Waals surface area contributed by atoms with Crippen molar-refractivity contribution in [1.82, 2.24) is 10.2 Å². The van der Waals surface area contributed by atoms with E-state index >= 15 is 0 Å². The predicted molar refractivity (Wildman–Crippen MR) is 99.1 cm³/mol. The molecule has 3 rings (SSSR count). The molecular formula is C20H19N3O4. The molecule has 138 valence electrons. The second kappa shape index (κ2) is 7.03. The fourth-order valence-corrected chi connectivity index (χ4v) is 2.94. The second-order valence-electron chi connectivity index (χ2n) is 6.49. The molecule has 7 nitrogen and oxygen atoms in total. The Labute approximate surface area is 156 Å². The summed E-state index contributed by atoms with van der Waals surface area (Å²) in [6.07, 6.45) is 0. The first-order chi connectivity index (χ1) is 12.8. The molecule has 1 saturated heterocycles. The Bertz CT molecular complexity index is 909. The van der Waals surface area contributed by atoms with Gasteiger partial charge in [0.05, 0.1) is 0 Å². The van der Waals surface area contributed by atoms with Crippen LogP contribution in [0.2, 0.25) is 0 Å². The number of rotatable bonds is 5. The number of Topliss-reactive ketones (excluding diaryl/α,β-unsaturated/α-hetero) is 1. The van der Waals surface area contributed by atoms with Crippen LogP contribution < -0.4 is 10.6 Å². The largest absolute Gasteiger partial charge is 0.325 e. The number of nitrogens with one attached hydrogen (secondary N) is 2. The third kappa shape index (κ3) is 3.57. The molecule has 0 spiro atoms. The van der Waals surface area contributed by atoms with Crippen LogP contribution in [0.25, 0.3) is 0 Å². The van der Waals surface area contributed by atoms with E-state index in [-0.39, 0.29) is 5.78 Å². The molecule has 2 N–H and O–H groups in total. The van der Waals surface area contributed by atoms with Crippen molar-refractivity contribution in [3.8, 4) is 0 Å². The van der Waals surface area contributed by atoms with Gasteiger partial charge in [-0.05, 0) is 43.7 Å². The molecule has 1 unspecified atom stereocenters. The van der Waals surface area contributed by atoms with Gasteiger partial charge in [-0.25, -0.2) is 4.79 Å². The van der Waals surface area contributed by atoms with Gasteiger partial charge in [-0.15, -0.1) is 0 Å². The molecule has 1 aliphatic heterocycles. The molecule has 4 amide bonds. The molecule has 0 saturated carbocycles. The van der Waals surface area contributed by atoms with Crippen LogP contribution >= 0.6 is 0 Å². The number of ketones is 1. The van der Waals surface area contributed by atoms with Crippen molar-refractivity contribution in [2.45, 2.75) is 19.4 Å². The first kappa shape index (κ1) is 18.3. The van der Waals surface area contributed by atoms with Crippen molar-refractivity contribution in [2.75, 3.05) is 11.9 Å². The van der Waals surface area contributed by atoms with E-state index in [1.807, 2.05) is 6.07 Å². The summed E-state index contributed by atoms with van der Waals surface area (Å²) in [6, 6.07) is 14.6. The fourth-order valence-electron chi connectivity index (χ4n) is 2.94. The number of hydrogen-bond acceptors (Lipinski definition) is 4. The van der Waals surface area contributed by atoms with Crippen LogP contribution in [-0.4, -0.2) is 35.1 Å². The maximum absolute atomic E-state index is 12.8. The van der Waals surface area contributed by atoms with E-state index in [1.54, 1.807) is 55.5 Å². The minimum Gasteiger partial charge on any atom is -0.325 e. The summed E-state index contributed by atoms with van der Waals surface area (Å²) in [4.78, 5) is 49.5. The number of carbonyl (C=O) groups excluding carboxylic acids is 4. The molecule has 1 heterocycles. The lowest BCUT2D eigenvalue weighted by Crippen LogP contribution is -2.42. The van der Waals surface area contributed by atoms with Crippen LogP contribution in [0.3, 0.4) is 0 Å². The van der Waals surface area contributed by atoms with Gasteiger partial charge in [0.2, 0.25) is 5.91 Å². The summed E-state index contributed by atoms with van der Waals surface area (Å²) >= 11 is 0. The number of nitrogens with zero attached hydrogens (tertiary/aromatic N) is 1. The van der Waals surface area contributed by atoms with Gasteiger partial charge in [0.15, 0.2) is 5.78 Å². The monoisotopic (exact) mass is 365 g/mol. The van der Waals surface area contributed by atoms with Gasteiger partial charge in [-0.1, -0.05) is 30.3 Å². The maximum Gasteiger partial charge on any atom is 0.325 e. The molecule has 1 atom stereocenters. The van der Waals surface area contributed by atoms with E-state index in [0.717, 1.165) is 4.90 Å². The average molecular weight is 365 g/mol. The predicted octanol–water partition coefficient (Wildman–Crippen LogP) is 2.29. The Balaban J connectivity index is 1.70. The smallest absolute Gasteiger partial charge is 0.325 e. The molecule has 0 aromatic heterocycles. The Hall–Kier alpha value is -3.48. The van der Waals surface area contributed by atoms with Crippen LogP contribution in [0.5, 0.6) is 0 Å².